The molecule has 0 aliphatic carbocycles. The molecule has 0 aromatic heterocycles. The fourth-order valence-electron chi connectivity index (χ4n) is 3.39. The minimum absolute atomic E-state index is 0.293. The first-order valence-electron chi connectivity index (χ1n) is 10.0. The Hall–Kier alpha value is -3.55. The lowest BCUT2D eigenvalue weighted by Crippen LogP contribution is -2.45. The molecule has 0 radical (unpaired) electrons. The first-order chi connectivity index (χ1) is 14.8. The van der Waals surface area contributed by atoms with E-state index >= 15 is 0 Å². The minimum atomic E-state index is -1.05. The zero-order chi connectivity index (χ0) is 22.4. The number of ether oxygens (including phenoxy) is 2. The van der Waals surface area contributed by atoms with Crippen LogP contribution in [0.5, 0.6) is 11.5 Å². The van der Waals surface area contributed by atoms with Crippen molar-refractivity contribution < 1.29 is 23.9 Å². The van der Waals surface area contributed by atoms with Gasteiger partial charge in [-0.15, -0.1) is 0 Å². The number of nitrogens with zero attached hydrogens (tertiary/aromatic N) is 1. The monoisotopic (exact) mass is 425 g/mol. The molecule has 31 heavy (non-hydrogen) atoms. The average Bonchev–Trinajstić information content (AvgIpc) is 3.00. The highest BCUT2D eigenvalue weighted by Crippen LogP contribution is 2.24. The van der Waals surface area contributed by atoms with Gasteiger partial charge < -0.3 is 20.1 Å². The Morgan fingerprint density at radius 3 is 2.06 bits per heavy atom. The molecule has 3 rings (SSSR count). The number of nitrogens with one attached hydrogen (secondary N) is 2. The van der Waals surface area contributed by atoms with Crippen LogP contribution in [-0.2, 0) is 22.6 Å². The topological polar surface area (TPSA) is 97.0 Å². The number of rotatable bonds is 9. The molecule has 1 aliphatic heterocycles. The Kier molecular flexibility index (Phi) is 6.79. The van der Waals surface area contributed by atoms with Gasteiger partial charge in [-0.3, -0.25) is 14.5 Å². The van der Waals surface area contributed by atoms with E-state index < -0.39 is 23.4 Å². The second-order valence-electron chi connectivity index (χ2n) is 7.63. The SMILES string of the molecule is COc1ccc(CC[C@@]2(C)NC(=O)N(CC(=O)NCc3ccc(OC)cc3)C2=O)cc1. The minimum Gasteiger partial charge on any atom is -0.497 e. The molecule has 0 bridgehead atoms. The van der Waals surface area contributed by atoms with E-state index in [-0.39, 0.29) is 6.54 Å². The van der Waals surface area contributed by atoms with E-state index in [1.165, 1.54) is 0 Å². The van der Waals surface area contributed by atoms with Gasteiger partial charge in [0.15, 0.2) is 0 Å². The molecule has 8 heteroatoms. The largest absolute Gasteiger partial charge is 0.497 e. The summed E-state index contributed by atoms with van der Waals surface area (Å²) < 4.78 is 10.2. The standard InChI is InChI=1S/C23H27N3O5/c1-23(13-12-16-4-8-18(30-2)9-5-16)21(28)26(22(29)25-23)15-20(27)24-14-17-6-10-19(31-3)11-7-17/h4-11H,12-15H2,1-3H3,(H,24,27)(H,25,29)/t23-/m1/s1. The van der Waals surface area contributed by atoms with E-state index in [0.29, 0.717) is 19.4 Å². The predicted octanol–water partition coefficient (Wildman–Crippen LogP) is 2.26. The maximum Gasteiger partial charge on any atom is 0.325 e. The first kappa shape index (κ1) is 22.1. The van der Waals surface area contributed by atoms with Crippen molar-refractivity contribution in [1.29, 1.82) is 0 Å². The van der Waals surface area contributed by atoms with Crippen molar-refractivity contribution in [3.05, 3.63) is 59.7 Å². The van der Waals surface area contributed by atoms with Gasteiger partial charge in [-0.1, -0.05) is 24.3 Å². The van der Waals surface area contributed by atoms with Gasteiger partial charge in [0.2, 0.25) is 5.91 Å². The van der Waals surface area contributed by atoms with Gasteiger partial charge in [0.25, 0.3) is 5.91 Å². The van der Waals surface area contributed by atoms with Crippen LogP contribution < -0.4 is 20.1 Å². The van der Waals surface area contributed by atoms with E-state index in [9.17, 15) is 14.4 Å². The van der Waals surface area contributed by atoms with E-state index in [2.05, 4.69) is 10.6 Å². The lowest BCUT2D eigenvalue weighted by Gasteiger charge is -2.21. The van der Waals surface area contributed by atoms with Gasteiger partial charge >= 0.3 is 6.03 Å². The molecular formula is C23H27N3O5. The van der Waals surface area contributed by atoms with Crippen molar-refractivity contribution in [2.24, 2.45) is 0 Å². The van der Waals surface area contributed by atoms with Crippen LogP contribution in [0.15, 0.2) is 48.5 Å². The van der Waals surface area contributed by atoms with Gasteiger partial charge in [0.1, 0.15) is 23.6 Å². The summed E-state index contributed by atoms with van der Waals surface area (Å²) in [6, 6.07) is 14.3. The third kappa shape index (κ3) is 5.33. The second kappa shape index (κ2) is 9.51. The van der Waals surface area contributed by atoms with Gasteiger partial charge in [-0.2, -0.15) is 0 Å². The maximum absolute atomic E-state index is 12.9. The molecule has 0 spiro atoms. The van der Waals surface area contributed by atoms with E-state index in [1.807, 2.05) is 36.4 Å². The Morgan fingerprint density at radius 2 is 1.52 bits per heavy atom. The third-order valence-electron chi connectivity index (χ3n) is 5.37. The summed E-state index contributed by atoms with van der Waals surface area (Å²) in [5, 5.41) is 5.47. The molecule has 1 heterocycles. The third-order valence-corrected chi connectivity index (χ3v) is 5.37. The summed E-state index contributed by atoms with van der Waals surface area (Å²) in [6.45, 7) is 1.66. The molecule has 1 fully saturated rings. The van der Waals surface area contributed by atoms with Gasteiger partial charge in [0.05, 0.1) is 14.2 Å². The highest BCUT2D eigenvalue weighted by molar-refractivity contribution is 6.08. The number of urea groups is 1. The highest BCUT2D eigenvalue weighted by atomic mass is 16.5. The molecule has 1 saturated heterocycles. The molecule has 8 nitrogen and oxygen atoms in total. The summed E-state index contributed by atoms with van der Waals surface area (Å²) in [7, 11) is 3.18. The summed E-state index contributed by atoms with van der Waals surface area (Å²) in [4.78, 5) is 38.5. The van der Waals surface area contributed by atoms with Crippen molar-refractivity contribution in [3.8, 4) is 11.5 Å². The number of aryl methyl sites for hydroxylation is 1. The molecule has 164 valence electrons. The molecule has 2 aromatic carbocycles. The van der Waals surface area contributed by atoms with E-state index in [1.54, 1.807) is 33.3 Å². The van der Waals surface area contributed by atoms with Crippen molar-refractivity contribution in [2.75, 3.05) is 20.8 Å². The summed E-state index contributed by atoms with van der Waals surface area (Å²) in [5.41, 5.74) is 0.864. The lowest BCUT2D eigenvalue weighted by atomic mass is 9.93. The Labute approximate surface area is 181 Å². The fourth-order valence-corrected chi connectivity index (χ4v) is 3.39. The fraction of sp³-hybridized carbons (Fsp3) is 0.348. The number of imide groups is 1. The predicted molar refractivity (Wildman–Crippen MR) is 115 cm³/mol. The summed E-state index contributed by atoms with van der Waals surface area (Å²) >= 11 is 0. The van der Waals surface area contributed by atoms with Crippen LogP contribution in [0.2, 0.25) is 0 Å². The number of methoxy groups -OCH3 is 2. The van der Waals surface area contributed by atoms with Crippen LogP contribution in [-0.4, -0.2) is 49.0 Å². The zero-order valence-electron chi connectivity index (χ0n) is 17.9. The van der Waals surface area contributed by atoms with Crippen LogP contribution in [0.3, 0.4) is 0 Å². The van der Waals surface area contributed by atoms with Crippen molar-refractivity contribution in [3.63, 3.8) is 0 Å². The van der Waals surface area contributed by atoms with E-state index in [4.69, 9.17) is 9.47 Å². The highest BCUT2D eigenvalue weighted by Gasteiger charge is 2.47. The van der Waals surface area contributed by atoms with Gasteiger partial charge in [-0.05, 0) is 55.2 Å². The lowest BCUT2D eigenvalue weighted by molar-refractivity contribution is -0.134. The maximum atomic E-state index is 12.9. The molecule has 1 aliphatic rings. The Bertz CT molecular complexity index is 943. The van der Waals surface area contributed by atoms with Crippen molar-refractivity contribution in [2.45, 2.75) is 31.8 Å². The quantitative estimate of drug-likeness (QED) is 0.601. The number of carbonyl (C=O) groups is 3. The van der Waals surface area contributed by atoms with Crippen LogP contribution in [0.25, 0.3) is 0 Å². The number of hydrogen-bond acceptors (Lipinski definition) is 5. The van der Waals surface area contributed by atoms with Gasteiger partial charge in [0, 0.05) is 6.54 Å². The van der Waals surface area contributed by atoms with Crippen molar-refractivity contribution >= 4 is 17.8 Å². The smallest absolute Gasteiger partial charge is 0.325 e. The number of carbonyl (C=O) groups excluding carboxylic acids is 3. The summed E-state index contributed by atoms with van der Waals surface area (Å²) in [6.07, 6.45) is 1.03. The number of hydrogen-bond donors (Lipinski definition) is 2. The molecule has 2 aromatic rings. The number of benzene rings is 2. The molecule has 2 N–H and O–H groups in total. The molecule has 0 unspecified atom stereocenters. The summed E-state index contributed by atoms with van der Waals surface area (Å²) in [5.74, 6) is 0.680. The second-order valence-corrected chi connectivity index (χ2v) is 7.63. The van der Waals surface area contributed by atoms with Gasteiger partial charge in [-0.25, -0.2) is 4.79 Å². The first-order valence-corrected chi connectivity index (χ1v) is 10.0. The van der Waals surface area contributed by atoms with Crippen LogP contribution >= 0.6 is 0 Å². The Balaban J connectivity index is 1.53. The van der Waals surface area contributed by atoms with Crippen LogP contribution in [0.1, 0.15) is 24.5 Å². The van der Waals surface area contributed by atoms with Crippen molar-refractivity contribution in [1.82, 2.24) is 15.5 Å². The molecule has 1 atom stereocenters. The number of amides is 4. The molecule has 0 saturated carbocycles. The molecular weight excluding hydrogens is 398 g/mol. The Morgan fingerprint density at radius 1 is 0.968 bits per heavy atom. The normalized spacial score (nSPS) is 18.0. The van der Waals surface area contributed by atoms with Crippen LogP contribution in [0.4, 0.5) is 4.79 Å². The average molecular weight is 425 g/mol. The van der Waals surface area contributed by atoms with E-state index in [0.717, 1.165) is 27.5 Å². The zero-order valence-corrected chi connectivity index (χ0v) is 17.9. The van der Waals surface area contributed by atoms with Crippen LogP contribution in [0, 0.1) is 0 Å². The molecule has 4 amide bonds.